The minimum atomic E-state index is 0.0364. The van der Waals surface area contributed by atoms with Crippen molar-refractivity contribution in [3.05, 3.63) is 182 Å². The molecule has 6 heteroatoms. The van der Waals surface area contributed by atoms with E-state index in [9.17, 15) is 0 Å². The van der Waals surface area contributed by atoms with E-state index in [1.54, 1.807) is 0 Å². The number of hydrogen-bond acceptors (Lipinski definition) is 5. The molecule has 1 unspecified atom stereocenters. The Morgan fingerprint density at radius 2 is 0.561 bits per heavy atom. The highest BCUT2D eigenvalue weighted by molar-refractivity contribution is 6.29. The second kappa shape index (κ2) is 16.3. The van der Waals surface area contributed by atoms with Gasteiger partial charge in [0.05, 0.1) is 28.5 Å². The van der Waals surface area contributed by atoms with Crippen molar-refractivity contribution in [1.29, 1.82) is 0 Å². The van der Waals surface area contributed by atoms with E-state index in [0.29, 0.717) is 0 Å². The monoisotopic (exact) mass is 859 g/mol. The van der Waals surface area contributed by atoms with E-state index in [0.717, 1.165) is 156 Å². The number of rotatable bonds is 6. The molecule has 0 spiro atoms. The van der Waals surface area contributed by atoms with Crippen molar-refractivity contribution in [3.8, 4) is 56.3 Å². The molecule has 0 N–H and O–H groups in total. The fraction of sp³-hybridized carbons (Fsp3) is 0.217. The molecule has 0 radical (unpaired) electrons. The molecule has 10 rings (SSSR count). The molecule has 0 aliphatic carbocycles. The normalized spacial score (nSPS) is 13.9. The molecule has 4 aromatic carbocycles. The van der Waals surface area contributed by atoms with Crippen LogP contribution in [0, 0.1) is 69.2 Å². The van der Waals surface area contributed by atoms with Gasteiger partial charge < -0.3 is 5.32 Å². The number of aromatic nitrogens is 5. The van der Waals surface area contributed by atoms with Crippen LogP contribution in [0.3, 0.4) is 0 Å². The SMILES string of the molecule is CC1=CC(C)[N-]C(c2cc3c(cc2-c2cc(C)cc(C)n2)c2cc(-c4cc(C)cc(C)n4)c(-c4cc(C)cc(C)n4)cc2c2cc(-c4cc(C)cc(C)n4)c(-c4cc(C)cc(C)n4)cc32)=C1. The number of hydrogen-bond donors (Lipinski definition) is 0. The van der Waals surface area contributed by atoms with Crippen LogP contribution >= 0.6 is 0 Å². The molecule has 0 saturated carbocycles. The lowest BCUT2D eigenvalue weighted by molar-refractivity contribution is 1.03. The van der Waals surface area contributed by atoms with Gasteiger partial charge >= 0.3 is 0 Å². The van der Waals surface area contributed by atoms with Crippen molar-refractivity contribution in [2.24, 2.45) is 0 Å². The highest BCUT2D eigenvalue weighted by atomic mass is 14.9. The molecule has 1 atom stereocenters. The Balaban J connectivity index is 1.45. The molecule has 1 aliphatic rings. The number of pyridine rings is 5. The maximum atomic E-state index is 5.29. The van der Waals surface area contributed by atoms with Crippen LogP contribution in [0.5, 0.6) is 0 Å². The molecule has 0 fully saturated rings. The minimum absolute atomic E-state index is 0.0364. The van der Waals surface area contributed by atoms with Gasteiger partial charge in [-0.1, -0.05) is 24.6 Å². The Morgan fingerprint density at radius 1 is 0.318 bits per heavy atom. The topological polar surface area (TPSA) is 78.5 Å². The molecule has 0 amide bonds. The van der Waals surface area contributed by atoms with E-state index in [1.807, 2.05) is 0 Å². The summed E-state index contributed by atoms with van der Waals surface area (Å²) < 4.78 is 0. The van der Waals surface area contributed by atoms with Gasteiger partial charge in [-0.3, -0.25) is 24.9 Å². The summed E-state index contributed by atoms with van der Waals surface area (Å²) in [5.74, 6) is 0. The quantitative estimate of drug-likeness (QED) is 0.156. The lowest BCUT2D eigenvalue weighted by Crippen LogP contribution is -2.04. The summed E-state index contributed by atoms with van der Waals surface area (Å²) in [6, 6.07) is 36.0. The maximum absolute atomic E-state index is 5.29. The first-order chi connectivity index (χ1) is 31.5. The van der Waals surface area contributed by atoms with E-state index in [2.05, 4.69) is 192 Å². The number of fused-ring (bicyclic) bond motifs is 6. The fourth-order valence-corrected chi connectivity index (χ4v) is 10.4. The predicted octanol–water partition coefficient (Wildman–Crippen LogP) is 15.6. The molecular weight excluding hydrogens is 805 g/mol. The van der Waals surface area contributed by atoms with Gasteiger partial charge in [-0.25, -0.2) is 0 Å². The van der Waals surface area contributed by atoms with Crippen molar-refractivity contribution < 1.29 is 0 Å². The van der Waals surface area contributed by atoms with E-state index >= 15 is 0 Å². The number of aryl methyl sites for hydroxylation is 10. The highest BCUT2D eigenvalue weighted by Crippen LogP contribution is 2.48. The highest BCUT2D eigenvalue weighted by Gasteiger charge is 2.23. The summed E-state index contributed by atoms with van der Waals surface area (Å²) in [6.07, 6.45) is 4.44. The van der Waals surface area contributed by atoms with Crippen LogP contribution in [0.1, 0.15) is 75.7 Å². The molecule has 66 heavy (non-hydrogen) atoms. The van der Waals surface area contributed by atoms with Crippen LogP contribution in [0.2, 0.25) is 0 Å². The zero-order valence-electron chi connectivity index (χ0n) is 40.2. The average Bonchev–Trinajstić information content (AvgIpc) is 3.23. The second-order valence-corrected chi connectivity index (χ2v) is 19.0. The van der Waals surface area contributed by atoms with Crippen LogP contribution in [0.4, 0.5) is 0 Å². The number of benzene rings is 4. The third kappa shape index (κ3) is 7.95. The Labute approximate surface area is 388 Å². The second-order valence-electron chi connectivity index (χ2n) is 19.0. The zero-order valence-corrected chi connectivity index (χ0v) is 40.2. The molecule has 1 aliphatic heterocycles. The van der Waals surface area contributed by atoms with Crippen molar-refractivity contribution in [1.82, 2.24) is 24.9 Å². The Bertz CT molecular complexity index is 3400. The first kappa shape index (κ1) is 42.6. The van der Waals surface area contributed by atoms with E-state index in [-0.39, 0.29) is 6.04 Å². The summed E-state index contributed by atoms with van der Waals surface area (Å²) in [7, 11) is 0. The molecule has 0 saturated heterocycles. The fourth-order valence-electron chi connectivity index (χ4n) is 10.4. The van der Waals surface area contributed by atoms with Crippen LogP contribution < -0.4 is 0 Å². The first-order valence-electron chi connectivity index (χ1n) is 23.0. The molecule has 5 aromatic heterocycles. The van der Waals surface area contributed by atoms with Crippen molar-refractivity contribution >= 4 is 38.0 Å². The molecular formula is C60H55N6-. The molecule has 9 aromatic rings. The van der Waals surface area contributed by atoms with Gasteiger partial charge in [0, 0.05) is 56.3 Å². The number of nitrogens with zero attached hydrogens (tertiary/aromatic N) is 6. The van der Waals surface area contributed by atoms with Gasteiger partial charge in [0.2, 0.25) is 0 Å². The number of allylic oxidation sites excluding steroid dienone is 2. The van der Waals surface area contributed by atoms with Gasteiger partial charge in [-0.05, 0) is 239 Å². The summed E-state index contributed by atoms with van der Waals surface area (Å²) in [5.41, 5.74) is 23.7. The van der Waals surface area contributed by atoms with Gasteiger partial charge in [-0.2, -0.15) is 0 Å². The van der Waals surface area contributed by atoms with Crippen molar-refractivity contribution in [3.63, 3.8) is 0 Å². The van der Waals surface area contributed by atoms with Gasteiger partial charge in [0.25, 0.3) is 0 Å². The van der Waals surface area contributed by atoms with Crippen LogP contribution in [0.15, 0.2) is 115 Å². The van der Waals surface area contributed by atoms with Crippen molar-refractivity contribution in [2.75, 3.05) is 0 Å². The predicted molar refractivity (Wildman–Crippen MR) is 277 cm³/mol. The zero-order chi connectivity index (χ0) is 46.3. The summed E-state index contributed by atoms with van der Waals surface area (Å²) in [6.45, 7) is 25.5. The van der Waals surface area contributed by atoms with Crippen molar-refractivity contribution in [2.45, 2.75) is 89.1 Å². The van der Waals surface area contributed by atoms with Crippen LogP contribution in [0.25, 0.3) is 99.6 Å². The summed E-state index contributed by atoms with van der Waals surface area (Å²) in [5, 5.41) is 12.0. The lowest BCUT2D eigenvalue weighted by atomic mass is 9.84. The van der Waals surface area contributed by atoms with E-state index in [4.69, 9.17) is 30.2 Å². The minimum Gasteiger partial charge on any atom is -0.678 e. The van der Waals surface area contributed by atoms with Crippen LogP contribution in [-0.4, -0.2) is 31.0 Å². The van der Waals surface area contributed by atoms with Gasteiger partial charge in [0.1, 0.15) is 0 Å². The lowest BCUT2D eigenvalue weighted by Gasteiger charge is -2.36. The smallest absolute Gasteiger partial charge is 0.0714 e. The molecule has 326 valence electrons. The largest absolute Gasteiger partial charge is 0.678 e. The Hall–Kier alpha value is -7.31. The van der Waals surface area contributed by atoms with Gasteiger partial charge in [0.15, 0.2) is 0 Å². The third-order valence-corrected chi connectivity index (χ3v) is 12.7. The Kier molecular flexibility index (Phi) is 10.5. The van der Waals surface area contributed by atoms with E-state index in [1.165, 1.54) is 5.57 Å². The van der Waals surface area contributed by atoms with E-state index < -0.39 is 0 Å². The average molecular weight is 860 g/mol. The first-order valence-corrected chi connectivity index (χ1v) is 23.0. The summed E-state index contributed by atoms with van der Waals surface area (Å²) >= 11 is 0. The molecule has 6 nitrogen and oxygen atoms in total. The maximum Gasteiger partial charge on any atom is 0.0714 e. The van der Waals surface area contributed by atoms with Gasteiger partial charge in [-0.15, -0.1) is 11.7 Å². The standard InChI is InChI=1S/C60H55N6/c1-31-13-37(7)61-55(19-31)49-25-43-44(26-50(49)56-20-32(2)14-38(8)62-56)46-28-52(58-22-34(4)16-40(10)64-58)54(60-24-36(6)18-42(12)66-60)30-48(46)47-29-53(59-23-35(5)17-41(11)65-59)51(27-45(43)47)57-21-33(3)15-39(9)63-57/h13-30,37H,1-12H3/q-1. The molecule has 0 bridgehead atoms. The molecule has 6 heterocycles. The third-order valence-electron chi connectivity index (χ3n) is 12.7. The summed E-state index contributed by atoms with van der Waals surface area (Å²) in [4.78, 5) is 26.1. The Morgan fingerprint density at radius 3 is 0.803 bits per heavy atom. The van der Waals surface area contributed by atoms with Crippen LogP contribution in [-0.2, 0) is 0 Å².